The van der Waals surface area contributed by atoms with E-state index < -0.39 is 17.6 Å². The third kappa shape index (κ3) is 4.14. The number of rotatable bonds is 5. The summed E-state index contributed by atoms with van der Waals surface area (Å²) in [5.74, 6) is -0.583. The molecule has 1 N–H and O–H groups in total. The molecule has 0 saturated heterocycles. The maximum atomic E-state index is 13.1. The molecule has 1 amide bonds. The summed E-state index contributed by atoms with van der Waals surface area (Å²) < 4.78 is 46.9. The highest BCUT2D eigenvalue weighted by molar-refractivity contribution is 6.33. The lowest BCUT2D eigenvalue weighted by Gasteiger charge is -2.12. The monoisotopic (exact) mass is 462 g/mol. The van der Waals surface area contributed by atoms with Crippen LogP contribution in [0.5, 0.6) is 5.75 Å². The van der Waals surface area contributed by atoms with E-state index in [1.165, 1.54) is 42.8 Å². The number of nitrogens with one attached hydrogen (secondary N) is 1. The fourth-order valence-corrected chi connectivity index (χ4v) is 3.24. The molecule has 4 aromatic rings. The fourth-order valence-electron chi connectivity index (χ4n) is 2.98. The molecule has 0 aliphatic heterocycles. The van der Waals surface area contributed by atoms with Gasteiger partial charge in [0.25, 0.3) is 5.91 Å². The summed E-state index contributed by atoms with van der Waals surface area (Å²) in [5.41, 5.74) is -0.149. The Bertz CT molecular complexity index is 1270. The second-order valence-electron chi connectivity index (χ2n) is 6.47. The van der Waals surface area contributed by atoms with Gasteiger partial charge >= 0.3 is 6.18 Å². The molecule has 0 radical (unpaired) electrons. The molecule has 2 aromatic heterocycles. The Labute approximate surface area is 184 Å². The number of anilines is 1. The van der Waals surface area contributed by atoms with E-state index in [0.29, 0.717) is 16.4 Å². The van der Waals surface area contributed by atoms with Gasteiger partial charge in [-0.3, -0.25) is 4.79 Å². The number of carbonyl (C=O) groups is 1. The summed E-state index contributed by atoms with van der Waals surface area (Å²) in [4.78, 5) is 16.8. The minimum Gasteiger partial charge on any atom is -0.493 e. The van der Waals surface area contributed by atoms with E-state index in [2.05, 4.69) is 20.5 Å². The van der Waals surface area contributed by atoms with Gasteiger partial charge in [-0.1, -0.05) is 23.7 Å². The highest BCUT2D eigenvalue weighted by atomic mass is 35.5. The third-order valence-electron chi connectivity index (χ3n) is 4.44. The molecule has 4 rings (SSSR count). The standard InChI is InChI=1S/C20H14ClF3N6O2/c1-32-16-9-29(13-5-2-4-12(8-13)20(22,23)24)28-17(16)19(31)27-15-7-3-6-14(21)18(15)30-11-25-10-26-30/h2-11H,1H3,(H,27,31). The maximum Gasteiger partial charge on any atom is 0.416 e. The van der Waals surface area contributed by atoms with E-state index in [1.54, 1.807) is 18.2 Å². The molecular formula is C20H14ClF3N6O2. The summed E-state index contributed by atoms with van der Waals surface area (Å²) in [7, 11) is 1.32. The van der Waals surface area contributed by atoms with E-state index in [-0.39, 0.29) is 17.1 Å². The second kappa shape index (κ2) is 8.35. The molecule has 0 spiro atoms. The van der Waals surface area contributed by atoms with Crippen molar-refractivity contribution in [1.29, 1.82) is 0 Å². The summed E-state index contributed by atoms with van der Waals surface area (Å²) >= 11 is 6.27. The van der Waals surface area contributed by atoms with Crippen LogP contribution >= 0.6 is 11.6 Å². The fraction of sp³-hybridized carbons (Fsp3) is 0.100. The van der Waals surface area contributed by atoms with Gasteiger partial charge in [-0.2, -0.15) is 23.4 Å². The number of para-hydroxylation sites is 1. The van der Waals surface area contributed by atoms with E-state index in [1.807, 2.05) is 0 Å². The first kappa shape index (κ1) is 21.4. The van der Waals surface area contributed by atoms with Gasteiger partial charge in [0.2, 0.25) is 0 Å². The average Bonchev–Trinajstić information content (AvgIpc) is 3.43. The molecule has 2 heterocycles. The topological polar surface area (TPSA) is 86.9 Å². The molecule has 0 fully saturated rings. The molecule has 8 nitrogen and oxygen atoms in total. The summed E-state index contributed by atoms with van der Waals surface area (Å²) in [6, 6.07) is 9.42. The van der Waals surface area contributed by atoms with Crippen LogP contribution in [0.2, 0.25) is 5.02 Å². The Kier molecular flexibility index (Phi) is 5.57. The zero-order valence-electron chi connectivity index (χ0n) is 16.3. The predicted octanol–water partition coefficient (Wildman–Crippen LogP) is 4.39. The van der Waals surface area contributed by atoms with E-state index >= 15 is 0 Å². The van der Waals surface area contributed by atoms with Crippen LogP contribution in [0.15, 0.2) is 61.3 Å². The number of benzene rings is 2. The number of methoxy groups -OCH3 is 1. The Morgan fingerprint density at radius 3 is 2.62 bits per heavy atom. The molecule has 2 aromatic carbocycles. The normalized spacial score (nSPS) is 11.4. The first-order valence-electron chi connectivity index (χ1n) is 9.04. The molecule has 0 aliphatic rings. The first-order valence-corrected chi connectivity index (χ1v) is 9.42. The quantitative estimate of drug-likeness (QED) is 0.475. The SMILES string of the molecule is COc1cn(-c2cccc(C(F)(F)F)c2)nc1C(=O)Nc1cccc(Cl)c1-n1cncn1. The molecular weight excluding hydrogens is 449 g/mol. The van der Waals surface area contributed by atoms with Crippen molar-refractivity contribution < 1.29 is 22.7 Å². The van der Waals surface area contributed by atoms with Gasteiger partial charge in [-0.25, -0.2) is 14.3 Å². The molecule has 0 aliphatic carbocycles. The van der Waals surface area contributed by atoms with Crippen molar-refractivity contribution in [3.8, 4) is 17.1 Å². The summed E-state index contributed by atoms with van der Waals surface area (Å²) in [5, 5.41) is 11.2. The highest BCUT2D eigenvalue weighted by Gasteiger charge is 2.31. The number of halogens is 4. The Balaban J connectivity index is 1.68. The number of amides is 1. The van der Waals surface area contributed by atoms with Crippen molar-refractivity contribution in [2.24, 2.45) is 0 Å². The molecule has 12 heteroatoms. The van der Waals surface area contributed by atoms with Crippen LogP contribution in [0.25, 0.3) is 11.4 Å². The summed E-state index contributed by atoms with van der Waals surface area (Å²) in [6.45, 7) is 0. The average molecular weight is 463 g/mol. The lowest BCUT2D eigenvalue weighted by Crippen LogP contribution is -2.16. The second-order valence-corrected chi connectivity index (χ2v) is 6.88. The van der Waals surface area contributed by atoms with Gasteiger partial charge in [0.05, 0.1) is 35.3 Å². The van der Waals surface area contributed by atoms with Crippen LogP contribution < -0.4 is 10.1 Å². The van der Waals surface area contributed by atoms with Crippen LogP contribution in [0.4, 0.5) is 18.9 Å². The lowest BCUT2D eigenvalue weighted by molar-refractivity contribution is -0.137. The van der Waals surface area contributed by atoms with Crippen LogP contribution in [-0.4, -0.2) is 37.6 Å². The number of alkyl halides is 3. The van der Waals surface area contributed by atoms with Gasteiger partial charge in [0.1, 0.15) is 18.3 Å². The molecule has 0 saturated carbocycles. The Hall–Kier alpha value is -3.86. The predicted molar refractivity (Wildman–Crippen MR) is 109 cm³/mol. The van der Waals surface area contributed by atoms with Gasteiger partial charge in [0, 0.05) is 0 Å². The third-order valence-corrected chi connectivity index (χ3v) is 4.74. The highest BCUT2D eigenvalue weighted by Crippen LogP contribution is 2.31. The van der Waals surface area contributed by atoms with Crippen LogP contribution in [0, 0.1) is 0 Å². The van der Waals surface area contributed by atoms with Crippen molar-refractivity contribution in [3.63, 3.8) is 0 Å². The van der Waals surface area contributed by atoms with E-state index in [0.717, 1.165) is 16.8 Å². The molecule has 0 atom stereocenters. The van der Waals surface area contributed by atoms with E-state index in [4.69, 9.17) is 16.3 Å². The van der Waals surface area contributed by atoms with Crippen LogP contribution in [-0.2, 0) is 6.18 Å². The zero-order valence-corrected chi connectivity index (χ0v) is 17.1. The van der Waals surface area contributed by atoms with Crippen molar-refractivity contribution >= 4 is 23.2 Å². The zero-order chi connectivity index (χ0) is 22.9. The number of hydrogen-bond donors (Lipinski definition) is 1. The smallest absolute Gasteiger partial charge is 0.416 e. The van der Waals surface area contributed by atoms with Crippen LogP contribution in [0.3, 0.4) is 0 Å². The van der Waals surface area contributed by atoms with Crippen molar-refractivity contribution in [1.82, 2.24) is 24.5 Å². The molecule has 0 bridgehead atoms. The van der Waals surface area contributed by atoms with Gasteiger partial charge in [-0.15, -0.1) is 0 Å². The first-order chi connectivity index (χ1) is 15.3. The number of hydrogen-bond acceptors (Lipinski definition) is 5. The number of carbonyl (C=O) groups excluding carboxylic acids is 1. The maximum absolute atomic E-state index is 13.1. The molecule has 0 unspecified atom stereocenters. The minimum atomic E-state index is -4.52. The minimum absolute atomic E-state index is 0.0734. The summed E-state index contributed by atoms with van der Waals surface area (Å²) in [6.07, 6.45) is -0.465. The van der Waals surface area contributed by atoms with Crippen LogP contribution in [0.1, 0.15) is 16.1 Å². The number of nitrogens with zero attached hydrogens (tertiary/aromatic N) is 5. The Morgan fingerprint density at radius 2 is 1.94 bits per heavy atom. The van der Waals surface area contributed by atoms with Gasteiger partial charge in [0.15, 0.2) is 11.4 Å². The van der Waals surface area contributed by atoms with E-state index in [9.17, 15) is 18.0 Å². The molecule has 32 heavy (non-hydrogen) atoms. The lowest BCUT2D eigenvalue weighted by atomic mass is 10.2. The van der Waals surface area contributed by atoms with Gasteiger partial charge < -0.3 is 10.1 Å². The largest absolute Gasteiger partial charge is 0.493 e. The van der Waals surface area contributed by atoms with Gasteiger partial charge in [-0.05, 0) is 30.3 Å². The molecule has 164 valence electrons. The Morgan fingerprint density at radius 1 is 1.16 bits per heavy atom. The number of ether oxygens (including phenoxy) is 1. The number of aromatic nitrogens is 5. The van der Waals surface area contributed by atoms with Crippen molar-refractivity contribution in [2.45, 2.75) is 6.18 Å². The van der Waals surface area contributed by atoms with Crippen molar-refractivity contribution in [3.05, 3.63) is 77.6 Å². The van der Waals surface area contributed by atoms with Crippen molar-refractivity contribution in [2.75, 3.05) is 12.4 Å².